The molecule has 2 heterocycles. The summed E-state index contributed by atoms with van der Waals surface area (Å²) >= 11 is 7.01. The average Bonchev–Trinajstić information content (AvgIpc) is 2.83. The zero-order valence-electron chi connectivity index (χ0n) is 8.29. The van der Waals surface area contributed by atoms with Gasteiger partial charge in [0, 0.05) is 13.0 Å². The standard InChI is InChI=1S/C10H11BrN2S2/c1-12-5-4-7-9(11)15-10(13-7)8-3-2-6-14-8/h2-3,6,12H,4-5H2,1H3. The van der Waals surface area contributed by atoms with Crippen molar-refractivity contribution in [1.29, 1.82) is 0 Å². The lowest BCUT2D eigenvalue weighted by Crippen LogP contribution is -2.10. The van der Waals surface area contributed by atoms with Crippen LogP contribution in [0.5, 0.6) is 0 Å². The van der Waals surface area contributed by atoms with E-state index in [4.69, 9.17) is 0 Å². The maximum absolute atomic E-state index is 4.63. The van der Waals surface area contributed by atoms with Gasteiger partial charge in [-0.1, -0.05) is 6.07 Å². The number of halogens is 1. The second-order valence-electron chi connectivity index (χ2n) is 3.07. The number of hydrogen-bond donors (Lipinski definition) is 1. The van der Waals surface area contributed by atoms with Crippen LogP contribution in [0.15, 0.2) is 21.3 Å². The van der Waals surface area contributed by atoms with E-state index >= 15 is 0 Å². The van der Waals surface area contributed by atoms with Crippen LogP contribution in [0.1, 0.15) is 5.69 Å². The second-order valence-corrected chi connectivity index (χ2v) is 6.33. The summed E-state index contributed by atoms with van der Waals surface area (Å²) in [7, 11) is 1.96. The molecule has 80 valence electrons. The Balaban J connectivity index is 2.21. The predicted molar refractivity (Wildman–Crippen MR) is 70.8 cm³/mol. The molecule has 2 aromatic rings. The molecule has 2 nitrogen and oxygen atoms in total. The van der Waals surface area contributed by atoms with E-state index in [9.17, 15) is 0 Å². The number of thiazole rings is 1. The minimum atomic E-state index is 0.964. The zero-order chi connectivity index (χ0) is 10.7. The van der Waals surface area contributed by atoms with E-state index in [-0.39, 0.29) is 0 Å². The summed E-state index contributed by atoms with van der Waals surface area (Å²) in [5, 5.41) is 6.33. The summed E-state index contributed by atoms with van der Waals surface area (Å²) in [4.78, 5) is 5.88. The molecule has 0 bridgehead atoms. The molecule has 0 radical (unpaired) electrons. The molecular weight excluding hydrogens is 292 g/mol. The number of nitrogens with one attached hydrogen (secondary N) is 1. The van der Waals surface area contributed by atoms with Gasteiger partial charge in [-0.3, -0.25) is 0 Å². The summed E-state index contributed by atoms with van der Waals surface area (Å²) < 4.78 is 1.15. The minimum absolute atomic E-state index is 0.964. The van der Waals surface area contributed by atoms with Crippen molar-refractivity contribution in [2.45, 2.75) is 6.42 Å². The van der Waals surface area contributed by atoms with Crippen LogP contribution in [-0.2, 0) is 6.42 Å². The van der Waals surface area contributed by atoms with Crippen LogP contribution >= 0.6 is 38.6 Å². The molecule has 0 spiro atoms. The third kappa shape index (κ3) is 2.66. The number of thiophene rings is 1. The van der Waals surface area contributed by atoms with Gasteiger partial charge in [0.15, 0.2) is 0 Å². The molecule has 15 heavy (non-hydrogen) atoms. The van der Waals surface area contributed by atoms with Crippen LogP contribution in [0.2, 0.25) is 0 Å². The fraction of sp³-hybridized carbons (Fsp3) is 0.300. The maximum Gasteiger partial charge on any atom is 0.134 e. The summed E-state index contributed by atoms with van der Waals surface area (Å²) in [5.74, 6) is 0. The smallest absolute Gasteiger partial charge is 0.134 e. The Morgan fingerprint density at radius 1 is 1.53 bits per heavy atom. The third-order valence-electron chi connectivity index (χ3n) is 1.99. The fourth-order valence-electron chi connectivity index (χ4n) is 1.24. The number of likely N-dealkylation sites (N-methyl/N-ethyl adjacent to an activating group) is 1. The highest BCUT2D eigenvalue weighted by Crippen LogP contribution is 2.34. The molecule has 0 fully saturated rings. The van der Waals surface area contributed by atoms with Gasteiger partial charge in [0.2, 0.25) is 0 Å². The van der Waals surface area contributed by atoms with E-state index in [1.807, 2.05) is 7.05 Å². The Hall–Kier alpha value is -0.230. The highest BCUT2D eigenvalue weighted by atomic mass is 79.9. The van der Waals surface area contributed by atoms with E-state index in [0.717, 1.165) is 27.5 Å². The molecule has 0 saturated heterocycles. The van der Waals surface area contributed by atoms with E-state index < -0.39 is 0 Å². The Bertz CT molecular complexity index is 423. The van der Waals surface area contributed by atoms with Crippen molar-refractivity contribution in [2.75, 3.05) is 13.6 Å². The fourth-order valence-corrected chi connectivity index (χ4v) is 3.62. The Labute approximate surface area is 106 Å². The highest BCUT2D eigenvalue weighted by Gasteiger charge is 2.10. The van der Waals surface area contributed by atoms with Gasteiger partial charge in [-0.2, -0.15) is 0 Å². The largest absolute Gasteiger partial charge is 0.319 e. The summed E-state index contributed by atoms with van der Waals surface area (Å²) in [6.45, 7) is 0.964. The Morgan fingerprint density at radius 3 is 3.07 bits per heavy atom. The van der Waals surface area contributed by atoms with E-state index in [1.54, 1.807) is 22.7 Å². The molecule has 0 aromatic carbocycles. The molecule has 0 atom stereocenters. The van der Waals surface area contributed by atoms with Gasteiger partial charge >= 0.3 is 0 Å². The van der Waals surface area contributed by atoms with Crippen molar-refractivity contribution < 1.29 is 0 Å². The Kier molecular flexibility index (Phi) is 3.91. The molecule has 2 aromatic heterocycles. The van der Waals surface area contributed by atoms with Gasteiger partial charge in [0.05, 0.1) is 14.4 Å². The zero-order valence-corrected chi connectivity index (χ0v) is 11.5. The first kappa shape index (κ1) is 11.3. The topological polar surface area (TPSA) is 24.9 Å². The van der Waals surface area contributed by atoms with Crippen molar-refractivity contribution in [2.24, 2.45) is 0 Å². The predicted octanol–water partition coefficient (Wildman–Crippen LogP) is 3.40. The summed E-state index contributed by atoms with van der Waals surface area (Å²) in [6, 6.07) is 4.17. The van der Waals surface area contributed by atoms with Crippen molar-refractivity contribution in [3.05, 3.63) is 27.0 Å². The highest BCUT2D eigenvalue weighted by molar-refractivity contribution is 9.11. The first-order chi connectivity index (χ1) is 7.31. The molecule has 0 saturated carbocycles. The van der Waals surface area contributed by atoms with Gasteiger partial charge in [0.25, 0.3) is 0 Å². The third-order valence-corrected chi connectivity index (χ3v) is 4.86. The van der Waals surface area contributed by atoms with E-state index in [2.05, 4.69) is 43.7 Å². The van der Waals surface area contributed by atoms with Crippen LogP contribution in [0.3, 0.4) is 0 Å². The number of aromatic nitrogens is 1. The lowest BCUT2D eigenvalue weighted by molar-refractivity contribution is 0.779. The monoisotopic (exact) mass is 302 g/mol. The van der Waals surface area contributed by atoms with Crippen LogP contribution in [-0.4, -0.2) is 18.6 Å². The molecule has 1 N–H and O–H groups in total. The first-order valence-corrected chi connectivity index (χ1v) is 7.14. The molecule has 0 aliphatic rings. The van der Waals surface area contributed by atoms with Crippen molar-refractivity contribution in [1.82, 2.24) is 10.3 Å². The molecule has 0 aliphatic heterocycles. The molecule has 0 unspecified atom stereocenters. The number of nitrogens with zero attached hydrogens (tertiary/aromatic N) is 1. The average molecular weight is 303 g/mol. The van der Waals surface area contributed by atoms with Crippen molar-refractivity contribution >= 4 is 38.6 Å². The SMILES string of the molecule is CNCCc1nc(-c2cccs2)sc1Br. The maximum atomic E-state index is 4.63. The number of hydrogen-bond acceptors (Lipinski definition) is 4. The van der Waals surface area contributed by atoms with E-state index in [0.29, 0.717) is 0 Å². The van der Waals surface area contributed by atoms with Gasteiger partial charge in [-0.15, -0.1) is 22.7 Å². The quantitative estimate of drug-likeness (QED) is 0.936. The molecular formula is C10H11BrN2S2. The van der Waals surface area contributed by atoms with E-state index in [1.165, 1.54) is 4.88 Å². The first-order valence-electron chi connectivity index (χ1n) is 4.65. The van der Waals surface area contributed by atoms with Gasteiger partial charge in [-0.05, 0) is 34.4 Å². The second kappa shape index (κ2) is 5.21. The van der Waals surface area contributed by atoms with Crippen LogP contribution in [0.4, 0.5) is 0 Å². The Morgan fingerprint density at radius 2 is 2.40 bits per heavy atom. The number of rotatable bonds is 4. The minimum Gasteiger partial charge on any atom is -0.319 e. The van der Waals surface area contributed by atoms with Gasteiger partial charge in [-0.25, -0.2) is 4.98 Å². The van der Waals surface area contributed by atoms with Crippen LogP contribution in [0.25, 0.3) is 9.88 Å². The normalized spacial score (nSPS) is 10.8. The van der Waals surface area contributed by atoms with Crippen LogP contribution in [0, 0.1) is 0 Å². The molecule has 5 heteroatoms. The van der Waals surface area contributed by atoms with Gasteiger partial charge in [0.1, 0.15) is 5.01 Å². The lowest BCUT2D eigenvalue weighted by atomic mass is 10.3. The lowest BCUT2D eigenvalue weighted by Gasteiger charge is -1.95. The van der Waals surface area contributed by atoms with Crippen molar-refractivity contribution in [3.63, 3.8) is 0 Å². The molecule has 0 amide bonds. The van der Waals surface area contributed by atoms with Crippen molar-refractivity contribution in [3.8, 4) is 9.88 Å². The van der Waals surface area contributed by atoms with Gasteiger partial charge < -0.3 is 5.32 Å². The molecule has 0 aliphatic carbocycles. The van der Waals surface area contributed by atoms with Crippen LogP contribution < -0.4 is 5.32 Å². The summed E-state index contributed by atoms with van der Waals surface area (Å²) in [5.41, 5.74) is 1.15. The summed E-state index contributed by atoms with van der Waals surface area (Å²) in [6.07, 6.45) is 0.971. The molecule has 2 rings (SSSR count).